The lowest BCUT2D eigenvalue weighted by atomic mass is 9.99. The molecule has 1 aliphatic rings. The van der Waals surface area contributed by atoms with E-state index in [9.17, 15) is 4.79 Å². The third-order valence-corrected chi connectivity index (χ3v) is 8.89. The minimum Gasteiger partial charge on any atom is -0.382 e. The normalized spacial score (nSPS) is 14.2. The molecule has 0 unspecified atom stereocenters. The number of ketones is 1. The fourth-order valence-corrected chi connectivity index (χ4v) is 6.29. The number of nitrogens with zero attached hydrogens (tertiary/aromatic N) is 4. The van der Waals surface area contributed by atoms with E-state index in [1.54, 1.807) is 18.4 Å². The highest BCUT2D eigenvalue weighted by Crippen LogP contribution is 2.39. The molecule has 0 amide bonds. The van der Waals surface area contributed by atoms with Crippen LogP contribution in [0.2, 0.25) is 5.02 Å². The van der Waals surface area contributed by atoms with E-state index in [1.165, 1.54) is 4.88 Å². The number of methoxy groups -OCH3 is 1. The molecular weight excluding hydrogens is 632 g/mol. The molecule has 0 aliphatic carbocycles. The number of thiophene rings is 1. The van der Waals surface area contributed by atoms with Gasteiger partial charge in [-0.25, -0.2) is 0 Å². The summed E-state index contributed by atoms with van der Waals surface area (Å²) in [5.41, 5.74) is 4.01. The highest BCUT2D eigenvalue weighted by atomic mass is 35.5. The zero-order valence-electron chi connectivity index (χ0n) is 27.2. The van der Waals surface area contributed by atoms with E-state index in [0.29, 0.717) is 96.4 Å². The molecule has 13 heteroatoms. The fraction of sp³-hybridized carbons (Fsp3) is 0.576. The number of carbonyl (C=O) groups excluding carboxylic acids is 1. The van der Waals surface area contributed by atoms with Crippen molar-refractivity contribution in [2.75, 3.05) is 79.8 Å². The Kier molecular flexibility index (Phi) is 15.2. The molecule has 0 fully saturated rings. The Hall–Kier alpha value is -2.55. The highest BCUT2D eigenvalue weighted by molar-refractivity contribution is 7.15. The first-order valence-electron chi connectivity index (χ1n) is 15.7. The monoisotopic (exact) mass is 676 g/mol. The topological polar surface area (TPSA) is 116 Å². The van der Waals surface area contributed by atoms with Crippen LogP contribution in [0.5, 0.6) is 0 Å². The van der Waals surface area contributed by atoms with Crippen molar-refractivity contribution in [2.45, 2.75) is 46.1 Å². The van der Waals surface area contributed by atoms with Crippen molar-refractivity contribution in [1.82, 2.24) is 14.8 Å². The zero-order valence-corrected chi connectivity index (χ0v) is 28.8. The number of halogens is 1. The lowest BCUT2D eigenvalue weighted by molar-refractivity contribution is -0.119. The molecule has 1 atom stereocenters. The summed E-state index contributed by atoms with van der Waals surface area (Å²) < 4.78 is 34.5. The van der Waals surface area contributed by atoms with Gasteiger partial charge in [0.1, 0.15) is 22.7 Å². The summed E-state index contributed by atoms with van der Waals surface area (Å²) in [5, 5.41) is 10.5. The Balaban J connectivity index is 1.17. The standard InChI is InChI=1S/C33H45ClN4O7S/c1-23-24(2)46-33-30(23)31(26-7-9-27(34)10-8-26)35-29(32-37-36-25(3)38(32)33)22-28(39)6-5-11-41-14-15-43-18-19-45-21-20-44-17-16-42-13-12-40-4/h7-10,29H,5-6,11-22H2,1-4H3/t29-/m0/s1. The lowest BCUT2D eigenvalue weighted by Gasteiger charge is -2.12. The van der Waals surface area contributed by atoms with Crippen molar-refractivity contribution < 1.29 is 33.2 Å². The van der Waals surface area contributed by atoms with Crippen LogP contribution in [0.4, 0.5) is 0 Å². The second-order valence-electron chi connectivity index (χ2n) is 10.8. The number of rotatable bonds is 22. The van der Waals surface area contributed by atoms with Gasteiger partial charge in [-0.15, -0.1) is 21.5 Å². The molecule has 4 rings (SSSR count). The van der Waals surface area contributed by atoms with Crippen LogP contribution in [0.25, 0.3) is 5.00 Å². The van der Waals surface area contributed by atoms with Crippen LogP contribution in [0.1, 0.15) is 58.5 Å². The molecule has 0 saturated heterocycles. The number of aliphatic imine (C=N–C) groups is 1. The maximum Gasteiger partial charge on any atom is 0.163 e. The number of ether oxygens (including phenoxy) is 6. The number of aromatic nitrogens is 3. The van der Waals surface area contributed by atoms with Gasteiger partial charge in [-0.3, -0.25) is 14.4 Å². The summed E-state index contributed by atoms with van der Waals surface area (Å²) in [6.45, 7) is 11.8. The van der Waals surface area contributed by atoms with E-state index >= 15 is 0 Å². The second kappa shape index (κ2) is 19.3. The molecule has 0 N–H and O–H groups in total. The number of hydrogen-bond acceptors (Lipinski definition) is 11. The Morgan fingerprint density at radius 3 is 1.98 bits per heavy atom. The van der Waals surface area contributed by atoms with Crippen molar-refractivity contribution >= 4 is 34.4 Å². The van der Waals surface area contributed by atoms with Gasteiger partial charge >= 0.3 is 0 Å². The predicted octanol–water partition coefficient (Wildman–Crippen LogP) is 5.27. The van der Waals surface area contributed by atoms with E-state index in [2.05, 4.69) is 28.6 Å². The van der Waals surface area contributed by atoms with E-state index in [0.717, 1.165) is 33.2 Å². The highest BCUT2D eigenvalue weighted by Gasteiger charge is 2.32. The molecule has 2 aromatic heterocycles. The first-order chi connectivity index (χ1) is 22.4. The molecule has 252 valence electrons. The van der Waals surface area contributed by atoms with Gasteiger partial charge in [0.05, 0.1) is 71.8 Å². The molecule has 11 nitrogen and oxygen atoms in total. The van der Waals surface area contributed by atoms with Crippen LogP contribution < -0.4 is 0 Å². The smallest absolute Gasteiger partial charge is 0.163 e. The number of Topliss-reactive ketones (excluding diaryl/α,β-unsaturated/α-hetero) is 1. The maximum atomic E-state index is 13.2. The summed E-state index contributed by atoms with van der Waals surface area (Å²) in [4.78, 5) is 19.6. The van der Waals surface area contributed by atoms with Gasteiger partial charge in [-0.1, -0.05) is 23.7 Å². The van der Waals surface area contributed by atoms with Crippen LogP contribution in [-0.4, -0.2) is 106 Å². The summed E-state index contributed by atoms with van der Waals surface area (Å²) >= 11 is 7.90. The average molecular weight is 677 g/mol. The van der Waals surface area contributed by atoms with Gasteiger partial charge < -0.3 is 28.4 Å². The van der Waals surface area contributed by atoms with Crippen molar-refractivity contribution in [2.24, 2.45) is 4.99 Å². The fourth-order valence-electron chi connectivity index (χ4n) is 4.95. The Morgan fingerprint density at radius 1 is 0.826 bits per heavy atom. The third kappa shape index (κ3) is 10.5. The van der Waals surface area contributed by atoms with Gasteiger partial charge in [-0.2, -0.15) is 0 Å². The van der Waals surface area contributed by atoms with E-state index in [1.807, 2.05) is 31.2 Å². The van der Waals surface area contributed by atoms with Crippen LogP contribution >= 0.6 is 22.9 Å². The Labute approximate surface area is 280 Å². The summed E-state index contributed by atoms with van der Waals surface area (Å²) in [5.74, 6) is 1.56. The Bertz CT molecular complexity index is 1410. The van der Waals surface area contributed by atoms with Gasteiger partial charge in [0.2, 0.25) is 0 Å². The van der Waals surface area contributed by atoms with Crippen LogP contribution in [0.3, 0.4) is 0 Å². The molecule has 46 heavy (non-hydrogen) atoms. The first-order valence-corrected chi connectivity index (χ1v) is 16.9. The average Bonchev–Trinajstić information content (AvgIpc) is 3.52. The molecular formula is C33H45ClN4O7S. The summed E-state index contributed by atoms with van der Waals surface area (Å²) in [7, 11) is 1.64. The SMILES string of the molecule is COCCOCCOCCOCCOCCOCCCC(=O)C[C@@H]1N=C(c2ccc(Cl)cc2)c2c(sc(C)c2C)-n2c(C)nnc21. The van der Waals surface area contributed by atoms with E-state index in [-0.39, 0.29) is 12.2 Å². The Morgan fingerprint density at radius 2 is 1.39 bits per heavy atom. The van der Waals surface area contributed by atoms with Gasteiger partial charge in [0, 0.05) is 47.6 Å². The van der Waals surface area contributed by atoms with Crippen molar-refractivity contribution in [1.29, 1.82) is 0 Å². The van der Waals surface area contributed by atoms with E-state index < -0.39 is 6.04 Å². The molecule has 0 saturated carbocycles. The first kappa shape index (κ1) is 36.3. The quantitative estimate of drug-likeness (QED) is 0.131. The van der Waals surface area contributed by atoms with Gasteiger partial charge in [0.25, 0.3) is 0 Å². The maximum absolute atomic E-state index is 13.2. The van der Waals surface area contributed by atoms with Crippen molar-refractivity contribution in [3.05, 3.63) is 62.5 Å². The number of benzene rings is 1. The van der Waals surface area contributed by atoms with Crippen LogP contribution in [0, 0.1) is 20.8 Å². The van der Waals surface area contributed by atoms with Crippen LogP contribution in [-0.2, 0) is 33.2 Å². The number of aryl methyl sites for hydroxylation is 2. The minimum absolute atomic E-state index is 0.106. The number of hydrogen-bond donors (Lipinski definition) is 0. The summed E-state index contributed by atoms with van der Waals surface area (Å²) in [6.07, 6.45) is 1.25. The number of carbonyl (C=O) groups is 1. The lowest BCUT2D eigenvalue weighted by Crippen LogP contribution is -2.14. The molecule has 1 aliphatic heterocycles. The van der Waals surface area contributed by atoms with Crippen molar-refractivity contribution in [3.8, 4) is 5.00 Å². The molecule has 0 bridgehead atoms. The van der Waals surface area contributed by atoms with Gasteiger partial charge in [0.15, 0.2) is 5.82 Å². The van der Waals surface area contributed by atoms with Crippen LogP contribution in [0.15, 0.2) is 29.3 Å². The third-order valence-electron chi connectivity index (χ3n) is 7.44. The molecule has 3 heterocycles. The van der Waals surface area contributed by atoms with Gasteiger partial charge in [-0.05, 0) is 44.9 Å². The largest absolute Gasteiger partial charge is 0.382 e. The molecule has 3 aromatic rings. The predicted molar refractivity (Wildman–Crippen MR) is 178 cm³/mol. The zero-order chi connectivity index (χ0) is 32.7. The molecule has 0 radical (unpaired) electrons. The molecule has 0 spiro atoms. The number of fused-ring (bicyclic) bond motifs is 3. The second-order valence-corrected chi connectivity index (χ2v) is 12.4. The van der Waals surface area contributed by atoms with Crippen molar-refractivity contribution in [3.63, 3.8) is 0 Å². The summed E-state index contributed by atoms with van der Waals surface area (Å²) in [6, 6.07) is 7.23. The molecule has 1 aromatic carbocycles. The minimum atomic E-state index is -0.457. The van der Waals surface area contributed by atoms with E-state index in [4.69, 9.17) is 45.0 Å².